The summed E-state index contributed by atoms with van der Waals surface area (Å²) >= 11 is 11.2. The third kappa shape index (κ3) is 1.95. The standard InChI is InChI=1S/C13H7ClF2N2S/c14-8-6-7(15)4-5-10(8)18-11-3-1-2-9(16)12(11)17-13(18)19/h1-6H,(H,17,19). The summed E-state index contributed by atoms with van der Waals surface area (Å²) in [6.07, 6.45) is 0. The molecular formula is C13H7ClF2N2S. The molecule has 0 bridgehead atoms. The van der Waals surface area contributed by atoms with E-state index in [9.17, 15) is 8.78 Å². The van der Waals surface area contributed by atoms with E-state index in [0.29, 0.717) is 21.5 Å². The van der Waals surface area contributed by atoms with Gasteiger partial charge in [0, 0.05) is 0 Å². The Morgan fingerprint density at radius 3 is 2.68 bits per heavy atom. The second-order valence-corrected chi connectivity index (χ2v) is 4.79. The van der Waals surface area contributed by atoms with Crippen molar-refractivity contribution in [2.24, 2.45) is 0 Å². The smallest absolute Gasteiger partial charge is 0.182 e. The lowest BCUT2D eigenvalue weighted by Gasteiger charge is -2.07. The number of para-hydroxylation sites is 1. The minimum atomic E-state index is -0.439. The number of nitrogens with one attached hydrogen (secondary N) is 1. The summed E-state index contributed by atoms with van der Waals surface area (Å²) in [5.41, 5.74) is 1.36. The largest absolute Gasteiger partial charge is 0.328 e. The summed E-state index contributed by atoms with van der Waals surface area (Å²) < 4.78 is 28.6. The zero-order valence-corrected chi connectivity index (χ0v) is 11.0. The summed E-state index contributed by atoms with van der Waals surface area (Å²) in [6.45, 7) is 0. The van der Waals surface area contributed by atoms with Gasteiger partial charge in [0.2, 0.25) is 0 Å². The number of halogens is 3. The zero-order valence-electron chi connectivity index (χ0n) is 9.45. The number of H-pyrrole nitrogens is 1. The normalized spacial score (nSPS) is 11.1. The number of fused-ring (bicyclic) bond motifs is 1. The molecule has 0 spiro atoms. The Kier molecular flexibility index (Phi) is 2.88. The van der Waals surface area contributed by atoms with Crippen molar-refractivity contribution in [1.82, 2.24) is 9.55 Å². The number of rotatable bonds is 1. The van der Waals surface area contributed by atoms with Gasteiger partial charge in [0.05, 0.1) is 16.2 Å². The molecule has 0 unspecified atom stereocenters. The van der Waals surface area contributed by atoms with Crippen molar-refractivity contribution in [1.29, 1.82) is 0 Å². The molecule has 1 N–H and O–H groups in total. The molecule has 96 valence electrons. The summed E-state index contributed by atoms with van der Waals surface area (Å²) in [7, 11) is 0. The van der Waals surface area contributed by atoms with Crippen LogP contribution in [-0.2, 0) is 0 Å². The van der Waals surface area contributed by atoms with Crippen molar-refractivity contribution in [2.45, 2.75) is 0 Å². The van der Waals surface area contributed by atoms with E-state index in [2.05, 4.69) is 4.98 Å². The third-order valence-corrected chi connectivity index (χ3v) is 3.41. The molecule has 1 aromatic heterocycles. The molecule has 0 radical (unpaired) electrons. The lowest BCUT2D eigenvalue weighted by molar-refractivity contribution is 0.627. The first-order valence-corrected chi connectivity index (χ1v) is 6.21. The first-order chi connectivity index (χ1) is 9.08. The van der Waals surface area contributed by atoms with Gasteiger partial charge in [-0.3, -0.25) is 4.57 Å². The summed E-state index contributed by atoms with van der Waals surface area (Å²) in [5, 5.41) is 0.210. The molecule has 2 aromatic carbocycles. The molecule has 1 heterocycles. The Labute approximate surface area is 117 Å². The van der Waals surface area contributed by atoms with E-state index in [0.717, 1.165) is 0 Å². The molecule has 0 saturated heterocycles. The number of aromatic nitrogens is 2. The average molecular weight is 297 g/mol. The average Bonchev–Trinajstić information content (AvgIpc) is 2.68. The molecule has 3 rings (SSSR count). The van der Waals surface area contributed by atoms with E-state index in [4.69, 9.17) is 23.8 Å². The molecular weight excluding hydrogens is 290 g/mol. The molecule has 0 fully saturated rings. The van der Waals surface area contributed by atoms with Crippen molar-refractivity contribution in [3.8, 4) is 5.69 Å². The molecule has 6 heteroatoms. The highest BCUT2D eigenvalue weighted by Crippen LogP contribution is 2.27. The van der Waals surface area contributed by atoms with Gasteiger partial charge in [0.25, 0.3) is 0 Å². The zero-order chi connectivity index (χ0) is 13.6. The number of benzene rings is 2. The summed E-state index contributed by atoms with van der Waals surface area (Å²) in [4.78, 5) is 2.79. The number of aromatic amines is 1. The van der Waals surface area contributed by atoms with Crippen molar-refractivity contribution < 1.29 is 8.78 Å². The lowest BCUT2D eigenvalue weighted by Crippen LogP contribution is -1.95. The van der Waals surface area contributed by atoms with Gasteiger partial charge in [0.1, 0.15) is 17.2 Å². The third-order valence-electron chi connectivity index (χ3n) is 2.82. The molecule has 0 aliphatic carbocycles. The van der Waals surface area contributed by atoms with E-state index in [1.54, 1.807) is 16.7 Å². The van der Waals surface area contributed by atoms with Crippen LogP contribution in [0.15, 0.2) is 36.4 Å². The predicted molar refractivity (Wildman–Crippen MR) is 73.4 cm³/mol. The molecule has 0 atom stereocenters. The molecule has 0 aliphatic heterocycles. The fraction of sp³-hybridized carbons (Fsp3) is 0. The Balaban J connectivity index is 2.40. The van der Waals surface area contributed by atoms with E-state index < -0.39 is 11.6 Å². The monoisotopic (exact) mass is 296 g/mol. The van der Waals surface area contributed by atoms with Gasteiger partial charge in [-0.15, -0.1) is 0 Å². The van der Waals surface area contributed by atoms with Gasteiger partial charge < -0.3 is 4.98 Å². The predicted octanol–water partition coefficient (Wildman–Crippen LogP) is 4.62. The summed E-state index contributed by atoms with van der Waals surface area (Å²) in [5.74, 6) is -0.841. The van der Waals surface area contributed by atoms with Gasteiger partial charge in [-0.2, -0.15) is 0 Å². The van der Waals surface area contributed by atoms with Crippen LogP contribution >= 0.6 is 23.8 Å². The maximum absolute atomic E-state index is 13.7. The van der Waals surface area contributed by atoms with Crippen LogP contribution in [0.1, 0.15) is 0 Å². The van der Waals surface area contributed by atoms with Crippen molar-refractivity contribution in [2.75, 3.05) is 0 Å². The molecule has 2 nitrogen and oxygen atoms in total. The molecule has 19 heavy (non-hydrogen) atoms. The van der Waals surface area contributed by atoms with Gasteiger partial charge in [-0.1, -0.05) is 17.7 Å². The minimum absolute atomic E-state index is 0.210. The van der Waals surface area contributed by atoms with Crippen LogP contribution in [0, 0.1) is 16.4 Å². The molecule has 0 saturated carbocycles. The minimum Gasteiger partial charge on any atom is -0.328 e. The van der Waals surface area contributed by atoms with E-state index in [1.165, 1.54) is 24.3 Å². The fourth-order valence-electron chi connectivity index (χ4n) is 2.00. The van der Waals surface area contributed by atoms with E-state index >= 15 is 0 Å². The number of hydrogen-bond donors (Lipinski definition) is 1. The van der Waals surface area contributed by atoms with Crippen molar-refractivity contribution in [3.63, 3.8) is 0 Å². The van der Waals surface area contributed by atoms with Gasteiger partial charge in [-0.05, 0) is 42.5 Å². The lowest BCUT2D eigenvalue weighted by atomic mass is 10.2. The SMILES string of the molecule is Fc1ccc(-n2c(=S)[nH]c3c(F)cccc32)c(Cl)c1. The van der Waals surface area contributed by atoms with Crippen LogP contribution in [0.4, 0.5) is 8.78 Å². The Bertz CT molecular complexity index is 838. The van der Waals surface area contributed by atoms with Crippen LogP contribution in [-0.4, -0.2) is 9.55 Å². The molecule has 0 aliphatic rings. The highest BCUT2D eigenvalue weighted by atomic mass is 35.5. The Hall–Kier alpha value is -1.72. The number of imidazole rings is 1. The van der Waals surface area contributed by atoms with Gasteiger partial charge in [0.15, 0.2) is 4.77 Å². The van der Waals surface area contributed by atoms with Crippen LogP contribution in [0.2, 0.25) is 5.02 Å². The first kappa shape index (κ1) is 12.3. The van der Waals surface area contributed by atoms with Crippen LogP contribution in [0.25, 0.3) is 16.7 Å². The quantitative estimate of drug-likeness (QED) is 0.650. The highest BCUT2D eigenvalue weighted by molar-refractivity contribution is 7.71. The first-order valence-electron chi connectivity index (χ1n) is 5.42. The van der Waals surface area contributed by atoms with Gasteiger partial charge >= 0.3 is 0 Å². The van der Waals surface area contributed by atoms with Gasteiger partial charge in [-0.25, -0.2) is 8.78 Å². The number of hydrogen-bond acceptors (Lipinski definition) is 1. The molecule has 3 aromatic rings. The highest BCUT2D eigenvalue weighted by Gasteiger charge is 2.12. The Morgan fingerprint density at radius 1 is 1.16 bits per heavy atom. The van der Waals surface area contributed by atoms with Crippen molar-refractivity contribution in [3.05, 3.63) is 57.8 Å². The van der Waals surface area contributed by atoms with Crippen LogP contribution in [0.3, 0.4) is 0 Å². The topological polar surface area (TPSA) is 20.7 Å². The van der Waals surface area contributed by atoms with Crippen LogP contribution in [0.5, 0.6) is 0 Å². The van der Waals surface area contributed by atoms with E-state index in [-0.39, 0.29) is 5.02 Å². The Morgan fingerprint density at radius 2 is 1.95 bits per heavy atom. The second-order valence-electron chi connectivity index (χ2n) is 4.00. The van der Waals surface area contributed by atoms with Crippen molar-refractivity contribution >= 4 is 34.9 Å². The van der Waals surface area contributed by atoms with E-state index in [1.807, 2.05) is 0 Å². The summed E-state index contributed by atoms with van der Waals surface area (Å²) in [6, 6.07) is 8.60. The van der Waals surface area contributed by atoms with Crippen LogP contribution < -0.4 is 0 Å². The maximum Gasteiger partial charge on any atom is 0.182 e. The fourth-order valence-corrected chi connectivity index (χ4v) is 2.55. The number of nitrogens with zero attached hydrogens (tertiary/aromatic N) is 1. The molecule has 0 amide bonds. The second kappa shape index (κ2) is 4.43. The maximum atomic E-state index is 13.7.